The summed E-state index contributed by atoms with van der Waals surface area (Å²) >= 11 is 1.52. The van der Waals surface area contributed by atoms with Gasteiger partial charge in [-0.1, -0.05) is 36.4 Å². The molecule has 14 nitrogen and oxygen atoms in total. The van der Waals surface area contributed by atoms with E-state index in [1.807, 2.05) is 63.4 Å². The van der Waals surface area contributed by atoms with Crippen LogP contribution in [-0.4, -0.2) is 91.9 Å². The first-order valence-electron chi connectivity index (χ1n) is 20.9. The topological polar surface area (TPSA) is 161 Å². The average molecular weight is 861 g/mol. The number of phenolic OH excluding ortho intramolecular Hbond substituents is 1. The van der Waals surface area contributed by atoms with Gasteiger partial charge in [0.2, 0.25) is 6.79 Å². The van der Waals surface area contributed by atoms with Crippen molar-refractivity contribution in [2.24, 2.45) is 0 Å². The van der Waals surface area contributed by atoms with Crippen LogP contribution in [0.5, 0.6) is 40.2 Å². The van der Waals surface area contributed by atoms with E-state index in [1.165, 1.54) is 18.7 Å². The van der Waals surface area contributed by atoms with Crippen molar-refractivity contribution in [2.75, 3.05) is 47.0 Å². The summed E-state index contributed by atoms with van der Waals surface area (Å²) in [5.74, 6) is 1.94. The van der Waals surface area contributed by atoms with Crippen molar-refractivity contribution in [3.05, 3.63) is 98.6 Å². The van der Waals surface area contributed by atoms with E-state index in [9.17, 15) is 15.2 Å². The molecule has 4 bridgehead atoms. The van der Waals surface area contributed by atoms with Gasteiger partial charge in [-0.25, -0.2) is 4.79 Å². The molecule has 1 unspecified atom stereocenters. The first kappa shape index (κ1) is 40.4. The fraction of sp³-hybridized carbons (Fsp3) is 0.426. The third-order valence-corrected chi connectivity index (χ3v) is 15.1. The number of nitrogens with one attached hydrogen (secondary N) is 1. The van der Waals surface area contributed by atoms with Crippen LogP contribution in [0.3, 0.4) is 0 Å². The molecule has 2 saturated heterocycles. The maximum absolute atomic E-state index is 15.1. The fourth-order valence-electron chi connectivity index (χ4n) is 11.0. The summed E-state index contributed by atoms with van der Waals surface area (Å²) in [6.07, 6.45) is 1.12. The Morgan fingerprint density at radius 2 is 1.81 bits per heavy atom. The zero-order valence-electron chi connectivity index (χ0n) is 35.4. The van der Waals surface area contributed by atoms with Gasteiger partial charge in [0.05, 0.1) is 37.6 Å². The third-order valence-electron chi connectivity index (χ3n) is 13.7. The number of benzene rings is 4. The van der Waals surface area contributed by atoms with Crippen LogP contribution >= 0.6 is 11.8 Å². The number of piperazine rings is 1. The predicted molar refractivity (Wildman–Crippen MR) is 227 cm³/mol. The average Bonchev–Trinajstić information content (AvgIpc) is 3.76. The minimum absolute atomic E-state index is 0.0524. The number of esters is 2. The zero-order valence-corrected chi connectivity index (χ0v) is 36.2. The van der Waals surface area contributed by atoms with Crippen LogP contribution in [0.4, 0.5) is 0 Å². The van der Waals surface area contributed by atoms with E-state index >= 15 is 4.79 Å². The lowest BCUT2D eigenvalue weighted by Crippen LogP contribution is -2.69. The number of methoxy groups -OCH3 is 2. The highest BCUT2D eigenvalue weighted by atomic mass is 32.2. The van der Waals surface area contributed by atoms with Crippen LogP contribution in [0.2, 0.25) is 0 Å². The van der Waals surface area contributed by atoms with E-state index in [4.69, 9.17) is 33.2 Å². The number of hydrogen-bond donors (Lipinski definition) is 2. The highest BCUT2D eigenvalue weighted by Crippen LogP contribution is 2.64. The Morgan fingerprint density at radius 3 is 2.55 bits per heavy atom. The molecule has 7 aliphatic heterocycles. The maximum atomic E-state index is 15.1. The van der Waals surface area contributed by atoms with Crippen molar-refractivity contribution in [1.82, 2.24) is 15.1 Å². The number of phenols is 1. The van der Waals surface area contributed by atoms with Gasteiger partial charge in [0.25, 0.3) is 0 Å². The van der Waals surface area contributed by atoms with Gasteiger partial charge in [-0.15, -0.1) is 11.8 Å². The zero-order chi connectivity index (χ0) is 43.2. The predicted octanol–water partition coefficient (Wildman–Crippen LogP) is 5.86. The number of carbonyl (C=O) groups is 2. The first-order valence-corrected chi connectivity index (χ1v) is 21.9. The van der Waals surface area contributed by atoms with Gasteiger partial charge in [-0.05, 0) is 73.7 Å². The Labute approximate surface area is 363 Å². The molecule has 0 aromatic heterocycles. The van der Waals surface area contributed by atoms with Crippen molar-refractivity contribution in [3.8, 4) is 46.3 Å². The summed E-state index contributed by atoms with van der Waals surface area (Å²) in [6, 6.07) is 15.7. The molecule has 62 heavy (non-hydrogen) atoms. The Morgan fingerprint density at radius 1 is 1.02 bits per heavy atom. The molecular formula is C47H48N4O10S. The Kier molecular flexibility index (Phi) is 9.97. The number of nitriles is 1. The number of ether oxygens (including phenoxy) is 7. The first-order chi connectivity index (χ1) is 30.0. The van der Waals surface area contributed by atoms with Crippen LogP contribution < -0.4 is 33.7 Å². The van der Waals surface area contributed by atoms with Gasteiger partial charge >= 0.3 is 11.9 Å². The molecule has 7 heterocycles. The highest BCUT2D eigenvalue weighted by Gasteiger charge is 2.62. The number of thioether (sulfide) groups is 1. The highest BCUT2D eigenvalue weighted by molar-refractivity contribution is 7.99. The summed E-state index contributed by atoms with van der Waals surface area (Å²) in [7, 11) is 5.14. The summed E-state index contributed by atoms with van der Waals surface area (Å²) in [5, 5.41) is 26.4. The van der Waals surface area contributed by atoms with Gasteiger partial charge in [0.15, 0.2) is 40.0 Å². The van der Waals surface area contributed by atoms with E-state index < -0.39 is 46.9 Å². The molecular weight excluding hydrogens is 813 g/mol. The van der Waals surface area contributed by atoms with Gasteiger partial charge in [-0.2, -0.15) is 5.26 Å². The monoisotopic (exact) mass is 860 g/mol. The lowest BCUT2D eigenvalue weighted by atomic mass is 9.71. The molecule has 4 aromatic carbocycles. The minimum Gasteiger partial charge on any atom is -0.504 e. The second kappa shape index (κ2) is 15.3. The molecule has 15 heteroatoms. The Hall–Kier alpha value is -5.66. The summed E-state index contributed by atoms with van der Waals surface area (Å²) < 4.78 is 43.2. The van der Waals surface area contributed by atoms with E-state index in [0.29, 0.717) is 77.2 Å². The number of aryl methyl sites for hydroxylation is 1. The van der Waals surface area contributed by atoms with Crippen molar-refractivity contribution in [1.29, 1.82) is 5.26 Å². The number of carbonyl (C=O) groups excluding carboxylic acids is 2. The van der Waals surface area contributed by atoms with E-state index in [-0.39, 0.29) is 30.9 Å². The van der Waals surface area contributed by atoms with Crippen LogP contribution in [0.1, 0.15) is 74.3 Å². The second-order valence-electron chi connectivity index (χ2n) is 16.8. The molecule has 0 aliphatic carbocycles. The van der Waals surface area contributed by atoms with E-state index in [1.54, 1.807) is 14.2 Å². The van der Waals surface area contributed by atoms with Crippen molar-refractivity contribution >= 4 is 23.7 Å². The largest absolute Gasteiger partial charge is 0.504 e. The van der Waals surface area contributed by atoms with Crippen molar-refractivity contribution in [2.45, 2.75) is 81.2 Å². The molecule has 2 N–H and O–H groups in total. The summed E-state index contributed by atoms with van der Waals surface area (Å²) in [5.41, 5.74) is 5.73. The smallest absolute Gasteiger partial charge is 0.331 e. The number of likely N-dealkylation sites (N-methyl/N-ethyl adjacent to an activating group) is 1. The van der Waals surface area contributed by atoms with Gasteiger partial charge in [0.1, 0.15) is 25.0 Å². The van der Waals surface area contributed by atoms with E-state index in [2.05, 4.69) is 27.3 Å². The molecule has 0 saturated carbocycles. The Balaban J connectivity index is 1.18. The van der Waals surface area contributed by atoms with Crippen LogP contribution in [0, 0.1) is 25.2 Å². The molecule has 4 aromatic rings. The fourth-order valence-corrected chi connectivity index (χ4v) is 12.7. The van der Waals surface area contributed by atoms with E-state index in [0.717, 1.165) is 33.4 Å². The third kappa shape index (κ3) is 5.94. The number of aromatic hydroxyl groups is 1. The molecule has 1 spiro atoms. The number of rotatable bonds is 6. The lowest BCUT2D eigenvalue weighted by molar-refractivity contribution is -0.157. The van der Waals surface area contributed by atoms with Crippen molar-refractivity contribution < 1.29 is 47.9 Å². The van der Waals surface area contributed by atoms with Gasteiger partial charge in [0, 0.05) is 53.6 Å². The van der Waals surface area contributed by atoms with Gasteiger partial charge in [-0.3, -0.25) is 19.9 Å². The molecule has 7 aliphatic rings. The van der Waals surface area contributed by atoms with Gasteiger partial charge < -0.3 is 38.3 Å². The number of hydrogen-bond acceptors (Lipinski definition) is 15. The summed E-state index contributed by atoms with van der Waals surface area (Å²) in [6.45, 7) is 5.72. The number of nitrogens with zero attached hydrogens (tertiary/aromatic N) is 3. The quantitative estimate of drug-likeness (QED) is 0.175. The molecule has 322 valence electrons. The van der Waals surface area contributed by atoms with Crippen LogP contribution in [0.25, 0.3) is 0 Å². The minimum atomic E-state index is -1.34. The molecule has 7 atom stereocenters. The normalized spacial score (nSPS) is 26.9. The second-order valence-corrected chi connectivity index (χ2v) is 18.0. The maximum Gasteiger partial charge on any atom is 0.331 e. The Bertz CT molecular complexity index is 2560. The lowest BCUT2D eigenvalue weighted by Gasteiger charge is -2.62. The summed E-state index contributed by atoms with van der Waals surface area (Å²) in [4.78, 5) is 32.5. The molecule has 0 radical (unpaired) electrons. The molecule has 11 rings (SSSR count). The van der Waals surface area contributed by atoms with Crippen LogP contribution in [-0.2, 0) is 39.3 Å². The van der Waals surface area contributed by atoms with Crippen LogP contribution in [0.15, 0.2) is 48.5 Å². The molecule has 0 amide bonds. The number of fused-ring (bicyclic) bond motifs is 9. The van der Waals surface area contributed by atoms with Crippen molar-refractivity contribution in [3.63, 3.8) is 0 Å². The standard InChI is InChI=1S/C47H48N4O10S/c1-23-14-28-15-30-31(18-48)51-32-20-58-46(54)47(29-17-33(55-5)34(16-27(29)12-13-49-47)57-19-26-10-8-7-9-11-26)21-62-45(39(51)38(50(30)4)35(28)40(53)41(23)56-6)37-36(32)44-43(59-22-60-44)24(2)42(37)61-25(3)52/h7-11,14,16-17,30-32,38-39,45,49,53H,12-13,15,19-22H2,1-6H3/t30-,31+,32-,38-,39?,45-,47-/m1/s1. The molecule has 2 fully saturated rings. The SMILES string of the molecule is COc1cc2c(cc1OCc1ccccc1)CCN[C@]21CS[C@@H]2c3c(OC(C)=O)c(C)c4c(c3[C@@H](COC1=O)N1C2[C@H]2c3c(cc(C)c(OC)c3O)C[C@H]([C@@H]1C#N)N2C)OCO4.